The van der Waals surface area contributed by atoms with Gasteiger partial charge < -0.3 is 14.0 Å². The van der Waals surface area contributed by atoms with Crippen LogP contribution < -0.4 is 4.74 Å². The van der Waals surface area contributed by atoms with Gasteiger partial charge in [-0.2, -0.15) is 5.26 Å². The smallest absolute Gasteiger partial charge is 0.119 e. The van der Waals surface area contributed by atoms with Crippen molar-refractivity contribution >= 4 is 0 Å². The minimum Gasteiger partial charge on any atom is -0.494 e. The van der Waals surface area contributed by atoms with Gasteiger partial charge in [-0.3, -0.25) is 0 Å². The first-order chi connectivity index (χ1) is 14.7. The molecule has 154 valence electrons. The van der Waals surface area contributed by atoms with Crippen LogP contribution in [-0.2, 0) is 17.7 Å². The number of imidazole rings is 1. The molecule has 0 N–H and O–H groups in total. The quantitative estimate of drug-likeness (QED) is 0.568. The summed E-state index contributed by atoms with van der Waals surface area (Å²) in [6.45, 7) is 5.28. The Kier molecular flexibility index (Phi) is 6.46. The van der Waals surface area contributed by atoms with Gasteiger partial charge in [0, 0.05) is 37.9 Å². The lowest BCUT2D eigenvalue weighted by Crippen LogP contribution is -2.21. The molecule has 0 bridgehead atoms. The first kappa shape index (κ1) is 20.2. The Morgan fingerprint density at radius 3 is 2.70 bits per heavy atom. The van der Waals surface area contributed by atoms with Gasteiger partial charge in [0.05, 0.1) is 23.9 Å². The summed E-state index contributed by atoms with van der Waals surface area (Å²) < 4.78 is 13.4. The van der Waals surface area contributed by atoms with E-state index in [2.05, 4.69) is 29.0 Å². The summed E-state index contributed by atoms with van der Waals surface area (Å²) in [4.78, 5) is 4.97. The Morgan fingerprint density at radius 2 is 1.97 bits per heavy atom. The number of rotatable bonds is 7. The van der Waals surface area contributed by atoms with Crippen LogP contribution in [0.25, 0.3) is 11.3 Å². The van der Waals surface area contributed by atoms with Gasteiger partial charge in [0.25, 0.3) is 0 Å². The van der Waals surface area contributed by atoms with Gasteiger partial charge in [0.1, 0.15) is 11.6 Å². The maximum atomic E-state index is 9.24. The molecule has 1 fully saturated rings. The standard InChI is InChI=1S/C25H27N3O2/c1-2-30-23-8-6-19(7-9-23)15-25-27-24(22-5-3-4-21(14-22)16-26)18-28(25)17-20-10-12-29-13-11-20/h3-9,14,18,20H,2,10-13,15,17H2,1H3. The Bertz CT molecular complexity index is 1010. The molecule has 0 saturated carbocycles. The highest BCUT2D eigenvalue weighted by Crippen LogP contribution is 2.25. The third-order valence-corrected chi connectivity index (χ3v) is 5.54. The number of hydrogen-bond donors (Lipinski definition) is 0. The summed E-state index contributed by atoms with van der Waals surface area (Å²) in [5, 5.41) is 9.24. The van der Waals surface area contributed by atoms with E-state index in [1.54, 1.807) is 0 Å². The van der Waals surface area contributed by atoms with E-state index in [0.29, 0.717) is 18.1 Å². The molecule has 2 heterocycles. The van der Waals surface area contributed by atoms with E-state index in [4.69, 9.17) is 14.5 Å². The van der Waals surface area contributed by atoms with E-state index in [-0.39, 0.29) is 0 Å². The molecule has 5 nitrogen and oxygen atoms in total. The number of hydrogen-bond acceptors (Lipinski definition) is 4. The van der Waals surface area contributed by atoms with Crippen LogP contribution >= 0.6 is 0 Å². The van der Waals surface area contributed by atoms with E-state index in [1.807, 2.05) is 43.3 Å². The first-order valence-corrected chi connectivity index (χ1v) is 10.6. The van der Waals surface area contributed by atoms with Gasteiger partial charge in [0.15, 0.2) is 0 Å². The number of nitrogens with zero attached hydrogens (tertiary/aromatic N) is 3. The van der Waals surface area contributed by atoms with Crippen molar-refractivity contribution in [3.63, 3.8) is 0 Å². The van der Waals surface area contributed by atoms with Crippen molar-refractivity contribution in [1.82, 2.24) is 9.55 Å². The predicted molar refractivity (Wildman–Crippen MR) is 116 cm³/mol. The van der Waals surface area contributed by atoms with Gasteiger partial charge in [0.2, 0.25) is 0 Å². The molecule has 5 heteroatoms. The summed E-state index contributed by atoms with van der Waals surface area (Å²) in [5.74, 6) is 2.54. The summed E-state index contributed by atoms with van der Waals surface area (Å²) in [5.41, 5.74) is 3.75. The molecule has 1 aliphatic rings. The summed E-state index contributed by atoms with van der Waals surface area (Å²) in [6.07, 6.45) is 5.06. The lowest BCUT2D eigenvalue weighted by atomic mass is 10.0. The van der Waals surface area contributed by atoms with Crippen molar-refractivity contribution in [2.75, 3.05) is 19.8 Å². The summed E-state index contributed by atoms with van der Waals surface area (Å²) in [6, 6.07) is 18.1. The Labute approximate surface area is 177 Å². The minimum absolute atomic E-state index is 0.602. The molecule has 2 aromatic carbocycles. The van der Waals surface area contributed by atoms with Crippen molar-refractivity contribution in [2.45, 2.75) is 32.7 Å². The topological polar surface area (TPSA) is 60.1 Å². The zero-order chi connectivity index (χ0) is 20.8. The molecule has 0 aliphatic carbocycles. The van der Waals surface area contributed by atoms with Crippen LogP contribution in [0.5, 0.6) is 5.75 Å². The minimum atomic E-state index is 0.602. The highest BCUT2D eigenvalue weighted by atomic mass is 16.5. The molecule has 0 amide bonds. The van der Waals surface area contributed by atoms with Crippen LogP contribution in [0.15, 0.2) is 54.7 Å². The van der Waals surface area contributed by atoms with Gasteiger partial charge in [-0.15, -0.1) is 0 Å². The monoisotopic (exact) mass is 401 g/mol. The lowest BCUT2D eigenvalue weighted by molar-refractivity contribution is 0.0610. The first-order valence-electron chi connectivity index (χ1n) is 10.6. The molecule has 0 atom stereocenters. The molecular weight excluding hydrogens is 374 g/mol. The molecule has 3 aromatic rings. The summed E-state index contributed by atoms with van der Waals surface area (Å²) in [7, 11) is 0. The van der Waals surface area contributed by atoms with Crippen molar-refractivity contribution < 1.29 is 9.47 Å². The van der Waals surface area contributed by atoms with Crippen LogP contribution in [-0.4, -0.2) is 29.4 Å². The number of ether oxygens (including phenoxy) is 2. The van der Waals surface area contributed by atoms with Gasteiger partial charge in [-0.1, -0.05) is 24.3 Å². The van der Waals surface area contributed by atoms with Crippen LogP contribution in [0.1, 0.15) is 36.7 Å². The molecule has 1 aliphatic heterocycles. The second-order valence-electron chi connectivity index (χ2n) is 7.70. The Balaban J connectivity index is 1.62. The van der Waals surface area contributed by atoms with Crippen LogP contribution in [0, 0.1) is 17.2 Å². The zero-order valence-corrected chi connectivity index (χ0v) is 17.4. The third-order valence-electron chi connectivity index (χ3n) is 5.54. The normalized spacial score (nSPS) is 14.4. The molecule has 0 spiro atoms. The fourth-order valence-electron chi connectivity index (χ4n) is 3.90. The second-order valence-corrected chi connectivity index (χ2v) is 7.70. The van der Waals surface area contributed by atoms with E-state index < -0.39 is 0 Å². The molecule has 1 saturated heterocycles. The van der Waals surface area contributed by atoms with Crippen LogP contribution in [0.3, 0.4) is 0 Å². The fourth-order valence-corrected chi connectivity index (χ4v) is 3.90. The van der Waals surface area contributed by atoms with Crippen LogP contribution in [0.2, 0.25) is 0 Å². The number of nitriles is 1. The molecule has 0 radical (unpaired) electrons. The Hall–Kier alpha value is -3.10. The maximum absolute atomic E-state index is 9.24. The number of benzene rings is 2. The second kappa shape index (κ2) is 9.60. The molecule has 4 rings (SSSR count). The van der Waals surface area contributed by atoms with Crippen LogP contribution in [0.4, 0.5) is 0 Å². The van der Waals surface area contributed by atoms with Gasteiger partial charge >= 0.3 is 0 Å². The van der Waals surface area contributed by atoms with Gasteiger partial charge in [-0.25, -0.2) is 4.98 Å². The van der Waals surface area contributed by atoms with Crippen molar-refractivity contribution in [1.29, 1.82) is 5.26 Å². The van der Waals surface area contributed by atoms with Crippen molar-refractivity contribution in [3.05, 3.63) is 71.7 Å². The average Bonchev–Trinajstić information content (AvgIpc) is 3.18. The number of aromatic nitrogens is 2. The predicted octanol–water partition coefficient (Wildman–Crippen LogP) is 4.84. The zero-order valence-electron chi connectivity index (χ0n) is 17.4. The molecule has 0 unspecified atom stereocenters. The third kappa shape index (κ3) is 4.90. The van der Waals surface area contributed by atoms with E-state index >= 15 is 0 Å². The van der Waals surface area contributed by atoms with E-state index in [9.17, 15) is 5.26 Å². The fraction of sp³-hybridized carbons (Fsp3) is 0.360. The SMILES string of the molecule is CCOc1ccc(Cc2nc(-c3cccc(C#N)c3)cn2CC2CCOCC2)cc1. The summed E-state index contributed by atoms with van der Waals surface area (Å²) >= 11 is 0. The molecular formula is C25H27N3O2. The molecule has 30 heavy (non-hydrogen) atoms. The molecule has 1 aromatic heterocycles. The van der Waals surface area contributed by atoms with Crippen molar-refractivity contribution in [3.8, 4) is 23.1 Å². The Morgan fingerprint density at radius 1 is 1.17 bits per heavy atom. The largest absolute Gasteiger partial charge is 0.494 e. The lowest BCUT2D eigenvalue weighted by Gasteiger charge is -2.23. The maximum Gasteiger partial charge on any atom is 0.119 e. The highest BCUT2D eigenvalue weighted by molar-refractivity contribution is 5.61. The van der Waals surface area contributed by atoms with E-state index in [1.165, 1.54) is 5.56 Å². The average molecular weight is 402 g/mol. The van der Waals surface area contributed by atoms with E-state index in [0.717, 1.165) is 61.9 Å². The van der Waals surface area contributed by atoms with Gasteiger partial charge in [-0.05, 0) is 55.5 Å². The highest BCUT2D eigenvalue weighted by Gasteiger charge is 2.18. The van der Waals surface area contributed by atoms with Crippen molar-refractivity contribution in [2.24, 2.45) is 5.92 Å².